The van der Waals surface area contributed by atoms with Crippen molar-refractivity contribution in [3.05, 3.63) is 75.0 Å². The lowest BCUT2D eigenvalue weighted by molar-refractivity contribution is -0.0546. The van der Waals surface area contributed by atoms with Crippen LogP contribution in [-0.2, 0) is 16.0 Å². The maximum Gasteiger partial charge on any atom is 0.337 e. The molecule has 5 aliphatic heterocycles. The third-order valence-electron chi connectivity index (χ3n) is 11.0. The molecule has 2 unspecified atom stereocenters. The third kappa shape index (κ3) is 5.96. The molecule has 10 nitrogen and oxygen atoms in total. The van der Waals surface area contributed by atoms with Crippen LogP contribution in [0.1, 0.15) is 52.0 Å². The highest BCUT2D eigenvalue weighted by molar-refractivity contribution is 6.40. The highest BCUT2D eigenvalue weighted by atomic mass is 35.5. The van der Waals surface area contributed by atoms with Crippen LogP contribution in [0, 0.1) is 5.82 Å². The van der Waals surface area contributed by atoms with Gasteiger partial charge in [0.05, 0.1) is 64.8 Å². The number of ether oxygens (including phenoxy) is 3. The van der Waals surface area contributed by atoms with Crippen LogP contribution in [0.25, 0.3) is 11.1 Å². The van der Waals surface area contributed by atoms with Gasteiger partial charge in [-0.25, -0.2) is 9.18 Å². The molecular weight excluding hydrogens is 686 g/mol. The third-order valence-corrected chi connectivity index (χ3v) is 11.6. The van der Waals surface area contributed by atoms with Crippen LogP contribution in [0.4, 0.5) is 15.8 Å². The van der Waals surface area contributed by atoms with Gasteiger partial charge in [0.15, 0.2) is 6.73 Å². The van der Waals surface area contributed by atoms with E-state index in [-0.39, 0.29) is 58.0 Å². The number of anilines is 2. The molecule has 13 heteroatoms. The number of halogens is 3. The molecule has 2 atom stereocenters. The number of carboxylic acid groups (broad SMARTS) is 1. The SMILES string of the molecule is COC1CN(C2CCN(c3cc(Cl)c(C(=O)N4COc5c(cccc5-c5cc(N6C7CCC6COC7)c(C(=O)O)cc5F)C4)c(Cl)c3)CC2)C1. The van der Waals surface area contributed by atoms with Gasteiger partial charge in [0.25, 0.3) is 5.91 Å². The minimum Gasteiger partial charge on any atom is -0.478 e. The fourth-order valence-electron chi connectivity index (χ4n) is 8.30. The minimum atomic E-state index is -1.19. The molecule has 0 aromatic heterocycles. The Morgan fingerprint density at radius 1 is 0.940 bits per heavy atom. The number of amides is 1. The van der Waals surface area contributed by atoms with Crippen LogP contribution in [0.5, 0.6) is 5.75 Å². The molecule has 4 fully saturated rings. The van der Waals surface area contributed by atoms with Crippen molar-refractivity contribution in [3.8, 4) is 16.9 Å². The minimum absolute atomic E-state index is 0.0328. The summed E-state index contributed by atoms with van der Waals surface area (Å²) in [7, 11) is 1.76. The molecule has 1 amide bonds. The number of benzene rings is 3. The first-order valence-electron chi connectivity index (χ1n) is 17.2. The van der Waals surface area contributed by atoms with Gasteiger partial charge in [-0.1, -0.05) is 41.4 Å². The molecule has 0 radical (unpaired) electrons. The number of para-hydroxylation sites is 1. The Hall–Kier alpha value is -3.61. The largest absolute Gasteiger partial charge is 0.478 e. The molecule has 3 aromatic carbocycles. The number of carbonyl (C=O) groups is 2. The monoisotopic (exact) mass is 724 g/mol. The van der Waals surface area contributed by atoms with Crippen LogP contribution in [0.2, 0.25) is 10.0 Å². The van der Waals surface area contributed by atoms with Crippen molar-refractivity contribution in [1.82, 2.24) is 9.80 Å². The molecule has 0 aliphatic carbocycles. The van der Waals surface area contributed by atoms with Crippen LogP contribution in [0.15, 0.2) is 42.5 Å². The maximum absolute atomic E-state index is 15.7. The number of hydrogen-bond acceptors (Lipinski definition) is 8. The van der Waals surface area contributed by atoms with E-state index in [0.717, 1.165) is 63.6 Å². The van der Waals surface area contributed by atoms with E-state index in [9.17, 15) is 14.7 Å². The zero-order chi connectivity index (χ0) is 34.7. The molecule has 2 bridgehead atoms. The van der Waals surface area contributed by atoms with Crippen molar-refractivity contribution in [2.45, 2.75) is 56.5 Å². The first-order chi connectivity index (χ1) is 24.2. The molecule has 264 valence electrons. The van der Waals surface area contributed by atoms with E-state index in [2.05, 4.69) is 14.7 Å². The molecule has 0 spiro atoms. The first kappa shape index (κ1) is 33.5. The van der Waals surface area contributed by atoms with Gasteiger partial charge in [-0.15, -0.1) is 0 Å². The van der Waals surface area contributed by atoms with E-state index in [1.165, 1.54) is 4.90 Å². The summed E-state index contributed by atoms with van der Waals surface area (Å²) in [6.07, 6.45) is 4.16. The Balaban J connectivity index is 1.01. The highest BCUT2D eigenvalue weighted by Gasteiger charge is 2.40. The van der Waals surface area contributed by atoms with E-state index in [0.29, 0.717) is 47.9 Å². The molecule has 1 N–H and O–H groups in total. The Kier molecular flexibility index (Phi) is 9.05. The summed E-state index contributed by atoms with van der Waals surface area (Å²) in [6, 6.07) is 12.3. The quantitative estimate of drug-likeness (QED) is 0.308. The summed E-state index contributed by atoms with van der Waals surface area (Å²) >= 11 is 13.5. The summed E-state index contributed by atoms with van der Waals surface area (Å²) in [5.74, 6) is -1.77. The van der Waals surface area contributed by atoms with E-state index in [1.54, 1.807) is 25.3 Å². The predicted octanol–water partition coefficient (Wildman–Crippen LogP) is 6.16. The van der Waals surface area contributed by atoms with Gasteiger partial charge in [-0.2, -0.15) is 0 Å². The Bertz CT molecular complexity index is 1790. The lowest BCUT2D eigenvalue weighted by atomic mass is 9.96. The summed E-state index contributed by atoms with van der Waals surface area (Å²) < 4.78 is 33.1. The van der Waals surface area contributed by atoms with E-state index >= 15 is 4.39 Å². The number of rotatable bonds is 7. The Morgan fingerprint density at radius 2 is 1.64 bits per heavy atom. The molecular formula is C37H39Cl2FN4O6. The standard InChI is InChI=1S/C37H39Cl2FN4O6/c1-48-26-16-42(17-26)22-7-9-41(10-8-22)25-11-30(38)34(31(39)12-25)36(45)43-15-21-3-2-4-27(35(21)50-20-43)28-14-33(29(37(46)47)13-32(28)40)44-23-5-6-24(44)19-49-18-23/h2-4,11-14,22-24,26H,5-10,15-20H2,1H3,(H,46,47). The number of fused-ring (bicyclic) bond motifs is 3. The molecule has 5 heterocycles. The second-order valence-corrected chi connectivity index (χ2v) is 14.7. The number of morpholine rings is 1. The number of likely N-dealkylation sites (tertiary alicyclic amines) is 1. The average molecular weight is 726 g/mol. The van der Waals surface area contributed by atoms with Gasteiger partial charge in [0.2, 0.25) is 0 Å². The summed E-state index contributed by atoms with van der Waals surface area (Å²) in [5.41, 5.74) is 2.90. The lowest BCUT2D eigenvalue weighted by Crippen LogP contribution is -2.58. The van der Waals surface area contributed by atoms with Crippen molar-refractivity contribution in [2.24, 2.45) is 0 Å². The van der Waals surface area contributed by atoms with Gasteiger partial charge < -0.3 is 34.0 Å². The van der Waals surface area contributed by atoms with Crippen LogP contribution < -0.4 is 14.5 Å². The van der Waals surface area contributed by atoms with Gasteiger partial charge in [-0.3, -0.25) is 9.69 Å². The van der Waals surface area contributed by atoms with Gasteiger partial charge >= 0.3 is 5.97 Å². The normalized spacial score (nSPS) is 22.7. The smallest absolute Gasteiger partial charge is 0.337 e. The van der Waals surface area contributed by atoms with Gasteiger partial charge in [-0.05, 0) is 49.9 Å². The van der Waals surface area contributed by atoms with Crippen molar-refractivity contribution in [3.63, 3.8) is 0 Å². The first-order valence-corrected chi connectivity index (χ1v) is 17.9. The predicted molar refractivity (Wildman–Crippen MR) is 188 cm³/mol. The number of nitrogens with zero attached hydrogens (tertiary/aromatic N) is 4. The summed E-state index contributed by atoms with van der Waals surface area (Å²) in [5, 5.41) is 10.5. The van der Waals surface area contributed by atoms with Crippen molar-refractivity contribution < 1.29 is 33.3 Å². The second-order valence-electron chi connectivity index (χ2n) is 13.9. The zero-order valence-corrected chi connectivity index (χ0v) is 29.3. The van der Waals surface area contributed by atoms with Crippen LogP contribution >= 0.6 is 23.2 Å². The Morgan fingerprint density at radius 3 is 2.30 bits per heavy atom. The highest BCUT2D eigenvalue weighted by Crippen LogP contribution is 2.43. The van der Waals surface area contributed by atoms with Crippen LogP contribution in [-0.4, -0.2) is 104 Å². The van der Waals surface area contributed by atoms with Gasteiger partial charge in [0, 0.05) is 61.7 Å². The number of methoxy groups -OCH3 is 1. The molecule has 8 rings (SSSR count). The average Bonchev–Trinajstić information content (AvgIpc) is 3.33. The second kappa shape index (κ2) is 13.5. The number of aromatic carboxylic acids is 1. The molecule has 5 aliphatic rings. The summed E-state index contributed by atoms with van der Waals surface area (Å²) in [4.78, 5) is 34.4. The lowest BCUT2D eigenvalue weighted by Gasteiger charge is -2.46. The zero-order valence-electron chi connectivity index (χ0n) is 27.7. The molecule has 4 saturated heterocycles. The number of hydrogen-bond donors (Lipinski definition) is 1. The van der Waals surface area contributed by atoms with E-state index < -0.39 is 11.8 Å². The number of carbonyl (C=O) groups excluding carboxylic acids is 1. The number of piperidine rings is 1. The Labute approximate surface area is 300 Å². The van der Waals surface area contributed by atoms with E-state index in [4.69, 9.17) is 37.4 Å². The fraction of sp³-hybridized carbons (Fsp3) is 0.459. The van der Waals surface area contributed by atoms with Crippen LogP contribution in [0.3, 0.4) is 0 Å². The molecule has 3 aromatic rings. The van der Waals surface area contributed by atoms with Crippen molar-refractivity contribution in [1.29, 1.82) is 0 Å². The molecule has 50 heavy (non-hydrogen) atoms. The maximum atomic E-state index is 15.7. The molecule has 0 saturated carbocycles. The topological polar surface area (TPSA) is 95.0 Å². The fourth-order valence-corrected chi connectivity index (χ4v) is 8.94. The van der Waals surface area contributed by atoms with E-state index in [1.807, 2.05) is 18.2 Å². The van der Waals surface area contributed by atoms with Gasteiger partial charge in [0.1, 0.15) is 11.6 Å². The van der Waals surface area contributed by atoms with Crippen molar-refractivity contribution >= 4 is 46.5 Å². The number of carboxylic acids is 1. The summed E-state index contributed by atoms with van der Waals surface area (Å²) in [6.45, 7) is 4.80. The van der Waals surface area contributed by atoms with Crippen molar-refractivity contribution in [2.75, 3.05) is 63.0 Å².